The van der Waals surface area contributed by atoms with Crippen molar-refractivity contribution in [2.45, 2.75) is 101 Å². The number of alkyl halides is 6. The van der Waals surface area contributed by atoms with Gasteiger partial charge in [0.05, 0.1) is 0 Å². The maximum Gasteiger partial charge on any atom is 0.425 e. The van der Waals surface area contributed by atoms with E-state index in [-0.39, 0.29) is 37.0 Å². The van der Waals surface area contributed by atoms with Crippen LogP contribution >= 0.6 is 0 Å². The monoisotopic (exact) mass is 433 g/mol. The largest absolute Gasteiger partial charge is 0.425 e. The van der Waals surface area contributed by atoms with E-state index in [4.69, 9.17) is 4.43 Å². The van der Waals surface area contributed by atoms with E-state index in [9.17, 15) is 26.3 Å². The molecule has 166 valence electrons. The summed E-state index contributed by atoms with van der Waals surface area (Å²) in [5.74, 6) is -0.959. The Balaban J connectivity index is 2.27. The molecule has 2 aliphatic rings. The van der Waals surface area contributed by atoms with Gasteiger partial charge in [-0.3, -0.25) is 0 Å². The summed E-state index contributed by atoms with van der Waals surface area (Å²) in [6.07, 6.45) is -8.25. The van der Waals surface area contributed by atoms with Crippen LogP contribution in [-0.2, 0) is 4.43 Å². The molecule has 0 spiro atoms. The fourth-order valence-electron chi connectivity index (χ4n) is 4.49. The molecule has 0 saturated heterocycles. The first-order valence-corrected chi connectivity index (χ1v) is 13.0. The summed E-state index contributed by atoms with van der Waals surface area (Å²) < 4.78 is 90.0. The number of nitrogens with one attached hydrogen (secondary N) is 1. The van der Waals surface area contributed by atoms with Gasteiger partial charge in [-0.05, 0) is 69.1 Å². The van der Waals surface area contributed by atoms with Gasteiger partial charge in [0.25, 0.3) is 5.60 Å². The third-order valence-corrected chi connectivity index (χ3v) is 11.5. The Hall–Kier alpha value is -0.283. The average Bonchev–Trinajstić information content (AvgIpc) is 3.45. The van der Waals surface area contributed by atoms with Crippen LogP contribution in [-0.4, -0.2) is 38.9 Å². The first kappa shape index (κ1) is 24.0. The average molecular weight is 434 g/mol. The third-order valence-electron chi connectivity index (χ3n) is 6.85. The zero-order valence-corrected chi connectivity index (χ0v) is 18.0. The maximum absolute atomic E-state index is 14.1. The van der Waals surface area contributed by atoms with Gasteiger partial charge in [0.1, 0.15) is 0 Å². The smallest absolute Gasteiger partial charge is 0.396 e. The molecule has 0 aromatic carbocycles. The van der Waals surface area contributed by atoms with Crippen molar-refractivity contribution in [1.82, 2.24) is 5.32 Å². The molecule has 2 aliphatic carbocycles. The van der Waals surface area contributed by atoms with Crippen molar-refractivity contribution < 1.29 is 30.8 Å². The van der Waals surface area contributed by atoms with Gasteiger partial charge < -0.3 is 9.74 Å². The van der Waals surface area contributed by atoms with Crippen molar-refractivity contribution in [1.29, 1.82) is 0 Å². The van der Waals surface area contributed by atoms with E-state index < -0.39 is 32.2 Å². The first-order valence-electron chi connectivity index (χ1n) is 10.5. The molecule has 0 aromatic rings. The molecule has 9 heteroatoms. The SMILES string of the molecule is CC[Si](CC)(CC)OC(C1CCC(NCC2CC2)CC1)(C(F)(F)F)C(F)(F)F. The molecular weight excluding hydrogens is 400 g/mol. The second-order valence-electron chi connectivity index (χ2n) is 8.48. The molecule has 0 bridgehead atoms. The fourth-order valence-corrected chi connectivity index (χ4v) is 7.50. The van der Waals surface area contributed by atoms with Gasteiger partial charge in [0.2, 0.25) is 0 Å². The van der Waals surface area contributed by atoms with E-state index in [0.29, 0.717) is 18.8 Å². The number of rotatable bonds is 9. The quantitative estimate of drug-likeness (QED) is 0.334. The molecule has 1 N–H and O–H groups in total. The van der Waals surface area contributed by atoms with Crippen molar-refractivity contribution in [3.8, 4) is 0 Å². The highest BCUT2D eigenvalue weighted by Crippen LogP contribution is 2.56. The lowest BCUT2D eigenvalue weighted by Crippen LogP contribution is -2.68. The van der Waals surface area contributed by atoms with E-state index in [0.717, 1.165) is 19.4 Å². The molecule has 2 saturated carbocycles. The van der Waals surface area contributed by atoms with Crippen LogP contribution in [0, 0.1) is 11.8 Å². The molecule has 0 aliphatic heterocycles. The van der Waals surface area contributed by atoms with E-state index in [2.05, 4.69) is 5.32 Å². The Bertz CT molecular complexity index is 471. The highest BCUT2D eigenvalue weighted by molar-refractivity contribution is 6.73. The lowest BCUT2D eigenvalue weighted by molar-refractivity contribution is -0.380. The van der Waals surface area contributed by atoms with Gasteiger partial charge in [-0.15, -0.1) is 0 Å². The Morgan fingerprint density at radius 3 is 1.61 bits per heavy atom. The fraction of sp³-hybridized carbons (Fsp3) is 1.00. The van der Waals surface area contributed by atoms with Gasteiger partial charge in [0, 0.05) is 12.0 Å². The van der Waals surface area contributed by atoms with Crippen LogP contribution in [0.1, 0.15) is 59.3 Å². The van der Waals surface area contributed by atoms with Crippen LogP contribution in [0.4, 0.5) is 26.3 Å². The molecule has 0 radical (unpaired) electrons. The zero-order chi connectivity index (χ0) is 21.2. The van der Waals surface area contributed by atoms with Crippen molar-refractivity contribution in [2.75, 3.05) is 6.54 Å². The summed E-state index contributed by atoms with van der Waals surface area (Å²) in [5, 5.41) is 3.32. The minimum atomic E-state index is -5.48. The van der Waals surface area contributed by atoms with Crippen molar-refractivity contribution in [3.63, 3.8) is 0 Å². The van der Waals surface area contributed by atoms with Crippen LogP contribution in [0.15, 0.2) is 0 Å². The summed E-state index contributed by atoms with van der Waals surface area (Å²) >= 11 is 0. The van der Waals surface area contributed by atoms with Crippen LogP contribution < -0.4 is 5.32 Å². The minimum Gasteiger partial charge on any atom is -0.396 e. The van der Waals surface area contributed by atoms with E-state index in [1.807, 2.05) is 0 Å². The predicted molar refractivity (Wildman–Crippen MR) is 99.6 cm³/mol. The second-order valence-corrected chi connectivity index (χ2v) is 13.2. The zero-order valence-electron chi connectivity index (χ0n) is 17.0. The summed E-state index contributed by atoms with van der Waals surface area (Å²) in [5.41, 5.74) is -4.05. The van der Waals surface area contributed by atoms with Crippen molar-refractivity contribution in [2.24, 2.45) is 11.8 Å². The van der Waals surface area contributed by atoms with Crippen LogP contribution in [0.25, 0.3) is 0 Å². The molecule has 2 fully saturated rings. The normalized spacial score (nSPS) is 25.2. The molecule has 2 nitrogen and oxygen atoms in total. The number of hydrogen-bond donors (Lipinski definition) is 1. The number of hydrogen-bond acceptors (Lipinski definition) is 2. The van der Waals surface area contributed by atoms with Crippen LogP contribution in [0.3, 0.4) is 0 Å². The molecule has 28 heavy (non-hydrogen) atoms. The van der Waals surface area contributed by atoms with Gasteiger partial charge in [-0.25, -0.2) is 0 Å². The van der Waals surface area contributed by atoms with E-state index in [1.165, 1.54) is 0 Å². The summed E-state index contributed by atoms with van der Waals surface area (Å²) in [7, 11) is -3.15. The van der Waals surface area contributed by atoms with Crippen LogP contribution in [0.2, 0.25) is 18.1 Å². The van der Waals surface area contributed by atoms with Gasteiger partial charge in [-0.1, -0.05) is 20.8 Å². The van der Waals surface area contributed by atoms with Gasteiger partial charge in [-0.2, -0.15) is 26.3 Å². The minimum absolute atomic E-state index is 0.00143. The molecule has 0 heterocycles. The van der Waals surface area contributed by atoms with Gasteiger partial charge >= 0.3 is 12.4 Å². The van der Waals surface area contributed by atoms with Crippen LogP contribution in [0.5, 0.6) is 0 Å². The van der Waals surface area contributed by atoms with Crippen molar-refractivity contribution >= 4 is 8.32 Å². The molecule has 0 unspecified atom stereocenters. The summed E-state index contributed by atoms with van der Waals surface area (Å²) in [6, 6.07) is 0.728. The standard InChI is InChI=1S/C19H33F6NOSi/c1-4-28(5-2,6-3)27-17(18(20,21)22,19(23,24)25)15-9-11-16(12-10-15)26-13-14-7-8-14/h14-16,26H,4-13H2,1-3H3. The maximum atomic E-state index is 14.1. The number of halogens is 6. The molecule has 2 rings (SSSR count). The Morgan fingerprint density at radius 2 is 1.25 bits per heavy atom. The summed E-state index contributed by atoms with van der Waals surface area (Å²) in [4.78, 5) is 0. The molecule has 0 atom stereocenters. The first-order chi connectivity index (χ1) is 12.9. The van der Waals surface area contributed by atoms with E-state index in [1.54, 1.807) is 20.8 Å². The Morgan fingerprint density at radius 1 is 0.786 bits per heavy atom. The highest BCUT2D eigenvalue weighted by Gasteiger charge is 2.76. The summed E-state index contributed by atoms with van der Waals surface area (Å²) in [6.45, 7) is 5.76. The predicted octanol–water partition coefficient (Wildman–Crippen LogP) is 6.43. The van der Waals surface area contributed by atoms with Gasteiger partial charge in [0.15, 0.2) is 8.32 Å². The topological polar surface area (TPSA) is 21.3 Å². The Kier molecular flexibility index (Phi) is 7.57. The van der Waals surface area contributed by atoms with E-state index >= 15 is 0 Å². The molecule has 0 aromatic heterocycles. The lowest BCUT2D eigenvalue weighted by atomic mass is 9.74. The Labute approximate surface area is 164 Å². The lowest BCUT2D eigenvalue weighted by Gasteiger charge is -2.49. The van der Waals surface area contributed by atoms with Crippen molar-refractivity contribution in [3.05, 3.63) is 0 Å². The molecule has 0 amide bonds. The molecular formula is C19H33F6NOSi. The second kappa shape index (κ2) is 8.84. The third kappa shape index (κ3) is 4.88. The highest BCUT2D eigenvalue weighted by atomic mass is 28.4.